The van der Waals surface area contributed by atoms with E-state index in [1.54, 1.807) is 0 Å². The van der Waals surface area contributed by atoms with Crippen LogP contribution in [0.2, 0.25) is 0 Å². The third-order valence-electron chi connectivity index (χ3n) is 15.5. The molecule has 0 aromatic rings. The van der Waals surface area contributed by atoms with Gasteiger partial charge in [-0.15, -0.1) is 0 Å². The Labute approximate surface area is 462 Å². The Kier molecular flexibility index (Phi) is 62.1. The Morgan fingerprint density at radius 3 is 0.676 bits per heavy atom. The summed E-state index contributed by atoms with van der Waals surface area (Å²) in [5.74, 6) is -0.834. The van der Waals surface area contributed by atoms with E-state index in [4.69, 9.17) is 14.2 Å². The van der Waals surface area contributed by atoms with Gasteiger partial charge in [0.15, 0.2) is 6.10 Å². The van der Waals surface area contributed by atoms with E-state index < -0.39 is 6.10 Å². The Balaban J connectivity index is 4.03. The molecule has 1 unspecified atom stereocenters. The average Bonchev–Trinajstić information content (AvgIpc) is 3.40. The first-order valence-electron chi connectivity index (χ1n) is 33.7. The summed E-state index contributed by atoms with van der Waals surface area (Å²) < 4.78 is 16.9. The van der Waals surface area contributed by atoms with Crippen molar-refractivity contribution >= 4 is 17.9 Å². The van der Waals surface area contributed by atoms with Gasteiger partial charge in [-0.3, -0.25) is 14.4 Å². The average molecular weight is 1040 g/mol. The molecule has 1 atom stereocenters. The normalized spacial score (nSPS) is 12.0. The number of carbonyl (C=O) groups excluding carboxylic acids is 3. The summed E-state index contributed by atoms with van der Waals surface area (Å²) in [6, 6.07) is 0. The van der Waals surface area contributed by atoms with Crippen molar-refractivity contribution < 1.29 is 28.6 Å². The lowest BCUT2D eigenvalue weighted by Crippen LogP contribution is -2.30. The Morgan fingerprint density at radius 1 is 0.257 bits per heavy atom. The van der Waals surface area contributed by atoms with E-state index in [1.807, 2.05) is 0 Å². The first kappa shape index (κ1) is 72.2. The Bertz CT molecular complexity index is 1150. The summed E-state index contributed by atoms with van der Waals surface area (Å²) >= 11 is 0. The van der Waals surface area contributed by atoms with Crippen molar-refractivity contribution in [3.63, 3.8) is 0 Å². The molecule has 0 aliphatic heterocycles. The van der Waals surface area contributed by atoms with Crippen molar-refractivity contribution in [2.75, 3.05) is 13.2 Å². The number of hydrogen-bond acceptors (Lipinski definition) is 6. The molecule has 6 heteroatoms. The number of ether oxygens (including phenoxy) is 3. The molecule has 0 amide bonds. The third kappa shape index (κ3) is 61.0. The molecule has 0 aliphatic carbocycles. The van der Waals surface area contributed by atoms with Gasteiger partial charge in [-0.25, -0.2) is 0 Å². The van der Waals surface area contributed by atoms with Gasteiger partial charge < -0.3 is 14.2 Å². The zero-order chi connectivity index (χ0) is 53.6. The van der Waals surface area contributed by atoms with E-state index in [9.17, 15) is 14.4 Å². The van der Waals surface area contributed by atoms with E-state index >= 15 is 0 Å². The standard InChI is InChI=1S/C68H130O6/c1-4-7-10-13-16-19-22-24-26-27-28-29-30-31-32-33-34-35-36-37-38-39-40-41-43-44-46-49-52-55-58-61-67(70)73-64-65(63-72-66(69)60-57-54-51-48-21-18-15-12-9-6-3)74-68(71)62-59-56-53-50-47-45-42-25-23-20-17-14-11-8-5-2/h27-28,65H,4-26,29-64H2,1-3H3/b28-27-. The van der Waals surface area contributed by atoms with Crippen molar-refractivity contribution in [1.82, 2.24) is 0 Å². The summed E-state index contributed by atoms with van der Waals surface area (Å²) in [6.45, 7) is 6.70. The van der Waals surface area contributed by atoms with Crippen LogP contribution in [-0.4, -0.2) is 37.2 Å². The number of hydrogen-bond donors (Lipinski definition) is 0. The zero-order valence-corrected chi connectivity index (χ0v) is 50.4. The van der Waals surface area contributed by atoms with Crippen LogP contribution in [0.15, 0.2) is 12.2 Å². The van der Waals surface area contributed by atoms with Crippen LogP contribution >= 0.6 is 0 Å². The number of carbonyl (C=O) groups is 3. The lowest BCUT2D eigenvalue weighted by atomic mass is 10.0. The molecule has 0 heterocycles. The molecule has 0 fully saturated rings. The molecule has 74 heavy (non-hydrogen) atoms. The molecule has 0 bridgehead atoms. The van der Waals surface area contributed by atoms with Crippen molar-refractivity contribution in [2.24, 2.45) is 0 Å². The first-order chi connectivity index (χ1) is 36.5. The van der Waals surface area contributed by atoms with Crippen molar-refractivity contribution in [2.45, 2.75) is 393 Å². The fourth-order valence-corrected chi connectivity index (χ4v) is 10.4. The van der Waals surface area contributed by atoms with Gasteiger partial charge in [0.2, 0.25) is 0 Å². The van der Waals surface area contributed by atoms with E-state index in [0.717, 1.165) is 57.8 Å². The molecular formula is C68H130O6. The molecule has 0 rings (SSSR count). The van der Waals surface area contributed by atoms with E-state index in [2.05, 4.69) is 32.9 Å². The second-order valence-corrected chi connectivity index (χ2v) is 23.1. The minimum atomic E-state index is -0.763. The lowest BCUT2D eigenvalue weighted by molar-refractivity contribution is -0.167. The highest BCUT2D eigenvalue weighted by molar-refractivity contribution is 5.71. The van der Waals surface area contributed by atoms with Crippen molar-refractivity contribution in [3.05, 3.63) is 12.2 Å². The monoisotopic (exact) mass is 1040 g/mol. The first-order valence-corrected chi connectivity index (χ1v) is 33.7. The van der Waals surface area contributed by atoms with Crippen LogP contribution in [0.3, 0.4) is 0 Å². The highest BCUT2D eigenvalue weighted by Gasteiger charge is 2.19. The van der Waals surface area contributed by atoms with Crippen molar-refractivity contribution in [1.29, 1.82) is 0 Å². The lowest BCUT2D eigenvalue weighted by Gasteiger charge is -2.18. The minimum absolute atomic E-state index is 0.0625. The Hall–Kier alpha value is -1.85. The van der Waals surface area contributed by atoms with Gasteiger partial charge >= 0.3 is 17.9 Å². The second-order valence-electron chi connectivity index (χ2n) is 23.1. The minimum Gasteiger partial charge on any atom is -0.462 e. The summed E-state index contributed by atoms with van der Waals surface area (Å²) in [6.07, 6.45) is 75.4. The van der Waals surface area contributed by atoms with Crippen LogP contribution in [0.25, 0.3) is 0 Å². The number of rotatable bonds is 63. The predicted octanol–water partition coefficient (Wildman–Crippen LogP) is 22.8. The molecule has 438 valence electrons. The fraction of sp³-hybridized carbons (Fsp3) is 0.926. The van der Waals surface area contributed by atoms with Crippen molar-refractivity contribution in [3.8, 4) is 0 Å². The fourth-order valence-electron chi connectivity index (χ4n) is 10.4. The van der Waals surface area contributed by atoms with Gasteiger partial charge in [0, 0.05) is 19.3 Å². The van der Waals surface area contributed by atoms with Crippen LogP contribution in [0.1, 0.15) is 387 Å². The predicted molar refractivity (Wildman–Crippen MR) is 321 cm³/mol. The molecule has 0 N–H and O–H groups in total. The third-order valence-corrected chi connectivity index (χ3v) is 15.5. The number of esters is 3. The van der Waals surface area contributed by atoms with Gasteiger partial charge in [-0.2, -0.15) is 0 Å². The largest absolute Gasteiger partial charge is 0.462 e. The summed E-state index contributed by atoms with van der Waals surface area (Å²) in [5, 5.41) is 0. The molecule has 0 aromatic heterocycles. The molecule has 0 aliphatic rings. The second kappa shape index (κ2) is 63.7. The summed E-state index contributed by atoms with van der Waals surface area (Å²) in [5.41, 5.74) is 0. The zero-order valence-electron chi connectivity index (χ0n) is 50.4. The van der Waals surface area contributed by atoms with Gasteiger partial charge in [0.05, 0.1) is 0 Å². The maximum atomic E-state index is 12.9. The Morgan fingerprint density at radius 2 is 0.446 bits per heavy atom. The summed E-state index contributed by atoms with van der Waals surface area (Å²) in [4.78, 5) is 38.2. The molecule has 0 radical (unpaired) electrons. The summed E-state index contributed by atoms with van der Waals surface area (Å²) in [7, 11) is 0. The molecule has 0 saturated carbocycles. The SMILES string of the molecule is CCCCCCCCCC/C=C\CCCCCCCCCCCCCCCCCCCCCC(=O)OCC(COC(=O)CCCCCCCCCCCC)OC(=O)CCCCCCCCCCCCCCCCC. The van der Waals surface area contributed by atoms with E-state index in [1.165, 1.54) is 289 Å². The maximum Gasteiger partial charge on any atom is 0.306 e. The van der Waals surface area contributed by atoms with Gasteiger partial charge in [0.1, 0.15) is 13.2 Å². The molecule has 0 aromatic carbocycles. The van der Waals surface area contributed by atoms with E-state index in [-0.39, 0.29) is 31.1 Å². The van der Waals surface area contributed by atoms with Gasteiger partial charge in [0.25, 0.3) is 0 Å². The number of allylic oxidation sites excluding steroid dienone is 2. The van der Waals surface area contributed by atoms with Crippen LogP contribution in [-0.2, 0) is 28.6 Å². The van der Waals surface area contributed by atoms with Crippen LogP contribution in [0.5, 0.6) is 0 Å². The topological polar surface area (TPSA) is 78.9 Å². The molecule has 0 spiro atoms. The van der Waals surface area contributed by atoms with Gasteiger partial charge in [-0.1, -0.05) is 335 Å². The molecular weight excluding hydrogens is 913 g/mol. The van der Waals surface area contributed by atoms with Gasteiger partial charge in [-0.05, 0) is 44.9 Å². The number of unbranched alkanes of at least 4 members (excludes halogenated alkanes) is 50. The highest BCUT2D eigenvalue weighted by Crippen LogP contribution is 2.18. The smallest absolute Gasteiger partial charge is 0.306 e. The van der Waals surface area contributed by atoms with Crippen LogP contribution in [0, 0.1) is 0 Å². The molecule has 6 nitrogen and oxygen atoms in total. The van der Waals surface area contributed by atoms with Crippen LogP contribution in [0.4, 0.5) is 0 Å². The maximum absolute atomic E-state index is 12.9. The van der Waals surface area contributed by atoms with Crippen LogP contribution < -0.4 is 0 Å². The van der Waals surface area contributed by atoms with E-state index in [0.29, 0.717) is 19.3 Å². The molecule has 0 saturated heterocycles. The highest BCUT2D eigenvalue weighted by atomic mass is 16.6. The quantitative estimate of drug-likeness (QED) is 0.0261.